The number of nitrogens with one attached hydrogen (secondary N) is 2. The Morgan fingerprint density at radius 3 is 1.74 bits per heavy atom. The van der Waals surface area contributed by atoms with Crippen molar-refractivity contribution < 1.29 is 26.3 Å². The fourth-order valence-corrected chi connectivity index (χ4v) is 5.49. The second-order valence-corrected chi connectivity index (χ2v) is 12.9. The molecule has 0 bridgehead atoms. The van der Waals surface area contributed by atoms with Gasteiger partial charge < -0.3 is 20.4 Å². The van der Waals surface area contributed by atoms with E-state index in [1.54, 1.807) is 18.3 Å². The standard InChI is InChI=1S/C19H20F3N5.C18H17F3N6/c1-12(2)27(3)18-25-15-9-5-4-8-14(15)17(26-18)24-11-13-7-6-10-23-16(13)19(20,21)22;1-27(12-6-7-12)17-25-15-13(5-3-9-23-15)16(26-17)24-10-11-4-2-8-22-14(11)18(19,20)21/h4-10,12H,11H2,1-3H3,(H,24,25,26);2-5,8-9,12H,6-7,10H2,1H3,(H,23,24,25,26). The number of halogens is 6. The first kappa shape index (κ1) is 37.9. The first-order valence-corrected chi connectivity index (χ1v) is 17.1. The number of hydrogen-bond acceptors (Lipinski definition) is 11. The van der Waals surface area contributed by atoms with Gasteiger partial charge in [0, 0.05) is 74.4 Å². The Bertz CT molecular complexity index is 2080. The minimum Gasteiger partial charge on any atom is -0.365 e. The maximum Gasteiger partial charge on any atom is 0.433 e. The molecule has 0 atom stereocenters. The molecule has 17 heteroatoms. The average Bonchev–Trinajstić information content (AvgIpc) is 4.01. The second kappa shape index (κ2) is 15.6. The van der Waals surface area contributed by atoms with Gasteiger partial charge in [-0.1, -0.05) is 24.3 Å². The molecule has 1 aliphatic rings. The smallest absolute Gasteiger partial charge is 0.365 e. The van der Waals surface area contributed by atoms with Crippen LogP contribution < -0.4 is 20.4 Å². The summed E-state index contributed by atoms with van der Waals surface area (Å²) in [7, 11) is 3.79. The van der Waals surface area contributed by atoms with Gasteiger partial charge in [0.1, 0.15) is 23.0 Å². The SMILES string of the molecule is CC(C)N(C)c1nc(NCc2cccnc2C(F)(F)F)c2ccccc2n1.CN(c1nc(NCc2cccnc2C(F)(F)F)c2cccnc2n1)C1CC1. The Morgan fingerprint density at radius 1 is 0.648 bits per heavy atom. The fraction of sp³-hybridized carbons (Fsp3) is 0.324. The maximum absolute atomic E-state index is 13.2. The molecular formula is C37H37F6N11. The number of pyridine rings is 3. The van der Waals surface area contributed by atoms with E-state index >= 15 is 0 Å². The molecule has 0 radical (unpaired) electrons. The lowest BCUT2D eigenvalue weighted by Gasteiger charge is -2.22. The molecule has 0 spiro atoms. The summed E-state index contributed by atoms with van der Waals surface area (Å²) < 4.78 is 79.0. The van der Waals surface area contributed by atoms with Crippen molar-refractivity contribution in [1.29, 1.82) is 0 Å². The van der Waals surface area contributed by atoms with Crippen LogP contribution in [-0.2, 0) is 25.4 Å². The quantitative estimate of drug-likeness (QED) is 0.132. The molecule has 282 valence electrons. The molecule has 1 aliphatic carbocycles. The lowest BCUT2D eigenvalue weighted by atomic mass is 10.1. The van der Waals surface area contributed by atoms with Gasteiger partial charge in [-0.05, 0) is 63.1 Å². The van der Waals surface area contributed by atoms with E-state index in [2.05, 4.69) is 45.5 Å². The number of benzene rings is 1. The van der Waals surface area contributed by atoms with Crippen LogP contribution in [0.4, 0.5) is 49.9 Å². The predicted octanol–water partition coefficient (Wildman–Crippen LogP) is 8.15. The van der Waals surface area contributed by atoms with E-state index in [4.69, 9.17) is 0 Å². The number of hydrogen-bond donors (Lipinski definition) is 2. The van der Waals surface area contributed by atoms with Crippen molar-refractivity contribution in [3.05, 3.63) is 102 Å². The summed E-state index contributed by atoms with van der Waals surface area (Å²) in [6, 6.07) is 17.3. The van der Waals surface area contributed by atoms with Gasteiger partial charge in [-0.2, -0.15) is 41.3 Å². The second-order valence-electron chi connectivity index (χ2n) is 12.9. The van der Waals surface area contributed by atoms with E-state index < -0.39 is 23.7 Å². The van der Waals surface area contributed by atoms with E-state index in [0.29, 0.717) is 40.6 Å². The molecular weight excluding hydrogens is 712 g/mol. The zero-order chi connectivity index (χ0) is 38.6. The third-order valence-electron chi connectivity index (χ3n) is 8.76. The molecule has 1 saturated carbocycles. The predicted molar refractivity (Wildman–Crippen MR) is 195 cm³/mol. The number of para-hydroxylation sites is 1. The number of aromatic nitrogens is 7. The zero-order valence-electron chi connectivity index (χ0n) is 29.8. The van der Waals surface area contributed by atoms with Gasteiger partial charge in [0.2, 0.25) is 11.9 Å². The molecule has 5 heterocycles. The maximum atomic E-state index is 13.2. The molecule has 7 rings (SSSR count). The van der Waals surface area contributed by atoms with E-state index in [0.717, 1.165) is 36.1 Å². The first-order valence-electron chi connectivity index (χ1n) is 17.1. The van der Waals surface area contributed by atoms with Gasteiger partial charge in [-0.3, -0.25) is 9.97 Å². The number of anilines is 4. The van der Waals surface area contributed by atoms with Gasteiger partial charge in [-0.15, -0.1) is 0 Å². The number of nitrogens with zero attached hydrogens (tertiary/aromatic N) is 9. The molecule has 2 N–H and O–H groups in total. The van der Waals surface area contributed by atoms with Gasteiger partial charge in [0.15, 0.2) is 5.65 Å². The van der Waals surface area contributed by atoms with Crippen molar-refractivity contribution in [2.75, 3.05) is 34.5 Å². The summed E-state index contributed by atoms with van der Waals surface area (Å²) in [6.45, 7) is 3.92. The molecule has 1 fully saturated rings. The summed E-state index contributed by atoms with van der Waals surface area (Å²) in [5.41, 5.74) is -0.455. The Kier molecular flexibility index (Phi) is 11.0. The summed E-state index contributed by atoms with van der Waals surface area (Å²) in [5, 5.41) is 7.45. The normalized spacial score (nSPS) is 13.1. The van der Waals surface area contributed by atoms with Crippen LogP contribution in [0, 0.1) is 0 Å². The minimum absolute atomic E-state index is 0.0471. The van der Waals surface area contributed by atoms with Gasteiger partial charge >= 0.3 is 12.4 Å². The molecule has 11 nitrogen and oxygen atoms in total. The fourth-order valence-electron chi connectivity index (χ4n) is 5.49. The molecule has 5 aromatic heterocycles. The Hall–Kier alpha value is -5.87. The van der Waals surface area contributed by atoms with Crippen molar-refractivity contribution in [2.24, 2.45) is 0 Å². The van der Waals surface area contributed by atoms with Crippen LogP contribution in [0.5, 0.6) is 0 Å². The Morgan fingerprint density at radius 2 is 1.17 bits per heavy atom. The van der Waals surface area contributed by atoms with Crippen LogP contribution in [0.2, 0.25) is 0 Å². The summed E-state index contributed by atoms with van der Waals surface area (Å²) in [5.74, 6) is 1.95. The molecule has 1 aromatic carbocycles. The highest BCUT2D eigenvalue weighted by molar-refractivity contribution is 5.90. The van der Waals surface area contributed by atoms with Gasteiger partial charge in [0.05, 0.1) is 10.9 Å². The van der Waals surface area contributed by atoms with Crippen LogP contribution in [0.1, 0.15) is 49.2 Å². The number of rotatable bonds is 10. The minimum atomic E-state index is -4.51. The highest BCUT2D eigenvalue weighted by atomic mass is 19.4. The van der Waals surface area contributed by atoms with Crippen LogP contribution in [0.25, 0.3) is 21.9 Å². The topological polar surface area (TPSA) is 121 Å². The van der Waals surface area contributed by atoms with Gasteiger partial charge in [0.25, 0.3) is 0 Å². The average molecular weight is 750 g/mol. The molecule has 6 aromatic rings. The van der Waals surface area contributed by atoms with Crippen LogP contribution >= 0.6 is 0 Å². The van der Waals surface area contributed by atoms with E-state index in [1.165, 1.54) is 24.3 Å². The van der Waals surface area contributed by atoms with Crippen LogP contribution in [0.3, 0.4) is 0 Å². The molecule has 0 saturated heterocycles. The van der Waals surface area contributed by atoms with Crippen LogP contribution in [-0.4, -0.2) is 61.1 Å². The van der Waals surface area contributed by atoms with Crippen LogP contribution in [0.15, 0.2) is 79.3 Å². The lowest BCUT2D eigenvalue weighted by Crippen LogP contribution is -2.27. The third-order valence-corrected chi connectivity index (χ3v) is 8.76. The first-order chi connectivity index (χ1) is 25.7. The monoisotopic (exact) mass is 749 g/mol. The largest absolute Gasteiger partial charge is 0.433 e. The van der Waals surface area contributed by atoms with E-state index in [-0.39, 0.29) is 30.3 Å². The van der Waals surface area contributed by atoms with E-state index in [1.807, 2.05) is 62.0 Å². The highest BCUT2D eigenvalue weighted by Gasteiger charge is 2.36. The third kappa shape index (κ3) is 8.83. The summed E-state index contributed by atoms with van der Waals surface area (Å²) in [6.07, 6.45) is -2.95. The molecule has 0 unspecified atom stereocenters. The zero-order valence-corrected chi connectivity index (χ0v) is 29.8. The number of alkyl halides is 6. The Labute approximate surface area is 306 Å². The summed E-state index contributed by atoms with van der Waals surface area (Å²) >= 11 is 0. The van der Waals surface area contributed by atoms with Crippen molar-refractivity contribution in [2.45, 2.75) is 64.2 Å². The van der Waals surface area contributed by atoms with Gasteiger partial charge in [-0.25, -0.2) is 9.97 Å². The molecule has 0 amide bonds. The number of fused-ring (bicyclic) bond motifs is 2. The van der Waals surface area contributed by atoms with Crippen molar-refractivity contribution in [3.8, 4) is 0 Å². The molecule has 54 heavy (non-hydrogen) atoms. The Balaban J connectivity index is 0.000000184. The van der Waals surface area contributed by atoms with Crippen molar-refractivity contribution >= 4 is 45.5 Å². The highest BCUT2D eigenvalue weighted by Crippen LogP contribution is 2.33. The lowest BCUT2D eigenvalue weighted by molar-refractivity contribution is -0.142. The summed E-state index contributed by atoms with van der Waals surface area (Å²) in [4.78, 5) is 33.2. The van der Waals surface area contributed by atoms with E-state index in [9.17, 15) is 26.3 Å². The molecule has 0 aliphatic heterocycles. The van der Waals surface area contributed by atoms with Crippen molar-refractivity contribution in [1.82, 2.24) is 34.9 Å². The van der Waals surface area contributed by atoms with Crippen molar-refractivity contribution in [3.63, 3.8) is 0 Å².